The number of benzene rings is 1. The Morgan fingerprint density at radius 3 is 2.45 bits per heavy atom. The first-order valence-electron chi connectivity index (χ1n) is 11.1. The van der Waals surface area contributed by atoms with E-state index in [1.165, 1.54) is 38.5 Å². The van der Waals surface area contributed by atoms with Gasteiger partial charge in [0.1, 0.15) is 11.6 Å². The summed E-state index contributed by atoms with van der Waals surface area (Å²) < 4.78 is 5.26. The van der Waals surface area contributed by atoms with Gasteiger partial charge >= 0.3 is 5.97 Å². The van der Waals surface area contributed by atoms with Crippen LogP contribution in [0.2, 0.25) is 0 Å². The van der Waals surface area contributed by atoms with Crippen LogP contribution < -0.4 is 0 Å². The third-order valence-corrected chi connectivity index (χ3v) is 7.48. The van der Waals surface area contributed by atoms with Crippen LogP contribution in [0.5, 0.6) is 5.75 Å². The van der Waals surface area contributed by atoms with Crippen LogP contribution >= 0.6 is 0 Å². The van der Waals surface area contributed by atoms with Gasteiger partial charge in [-0.1, -0.05) is 12.1 Å². The molecule has 1 heterocycles. The summed E-state index contributed by atoms with van der Waals surface area (Å²) in [6.45, 7) is 2.13. The molecule has 2 aromatic rings. The zero-order valence-corrected chi connectivity index (χ0v) is 17.1. The Morgan fingerprint density at radius 2 is 1.83 bits per heavy atom. The van der Waals surface area contributed by atoms with Crippen molar-refractivity contribution < 1.29 is 14.6 Å². The number of rotatable bonds is 6. The van der Waals surface area contributed by atoms with Crippen molar-refractivity contribution in [2.45, 2.75) is 58.3 Å². The maximum Gasteiger partial charge on any atom is 0.358 e. The van der Waals surface area contributed by atoms with Gasteiger partial charge in [-0.2, -0.15) is 0 Å². The van der Waals surface area contributed by atoms with Crippen LogP contribution in [0.25, 0.3) is 11.4 Å². The number of hydrogen-bond donors (Lipinski definition) is 2. The second-order valence-corrected chi connectivity index (χ2v) is 9.57. The number of phenols is 1. The van der Waals surface area contributed by atoms with Gasteiger partial charge in [0.2, 0.25) is 0 Å². The van der Waals surface area contributed by atoms with Crippen LogP contribution in [0.1, 0.15) is 68.1 Å². The first-order valence-corrected chi connectivity index (χ1v) is 11.1. The lowest BCUT2D eigenvalue weighted by molar-refractivity contribution is -0.0571. The minimum Gasteiger partial charge on any atom is -0.507 e. The van der Waals surface area contributed by atoms with Crippen LogP contribution in [-0.4, -0.2) is 27.7 Å². The molecule has 29 heavy (non-hydrogen) atoms. The number of aromatic hydroxyl groups is 1. The maximum atomic E-state index is 12.6. The number of aromatic amines is 1. The number of para-hydroxylation sites is 1. The predicted octanol–water partition coefficient (Wildman–Crippen LogP) is 5.11. The summed E-state index contributed by atoms with van der Waals surface area (Å²) in [5.74, 6) is 3.07. The number of aryl methyl sites for hydroxylation is 1. The number of esters is 1. The molecule has 0 unspecified atom stereocenters. The Morgan fingerprint density at radius 1 is 1.17 bits per heavy atom. The highest BCUT2D eigenvalue weighted by Gasteiger charge is 2.50. The van der Waals surface area contributed by atoms with E-state index >= 15 is 0 Å². The minimum absolute atomic E-state index is 0.157. The van der Waals surface area contributed by atoms with Gasteiger partial charge in [0.05, 0.1) is 12.2 Å². The quantitative estimate of drug-likeness (QED) is 0.668. The largest absolute Gasteiger partial charge is 0.507 e. The van der Waals surface area contributed by atoms with Gasteiger partial charge < -0.3 is 14.8 Å². The molecule has 5 heteroatoms. The van der Waals surface area contributed by atoms with Gasteiger partial charge in [-0.05, 0) is 93.6 Å². The number of nitrogens with one attached hydrogen (secondary N) is 1. The number of H-pyrrole nitrogens is 1. The van der Waals surface area contributed by atoms with Gasteiger partial charge in [0.15, 0.2) is 5.69 Å². The molecule has 0 spiro atoms. The minimum atomic E-state index is -0.383. The molecule has 1 aromatic carbocycles. The lowest BCUT2D eigenvalue weighted by atomic mass is 9.48. The molecule has 4 bridgehead atoms. The molecule has 154 valence electrons. The summed E-state index contributed by atoms with van der Waals surface area (Å²) >= 11 is 0. The number of aromatic nitrogens is 2. The third kappa shape index (κ3) is 3.45. The molecule has 0 atom stereocenters. The molecule has 4 fully saturated rings. The topological polar surface area (TPSA) is 75.2 Å². The summed E-state index contributed by atoms with van der Waals surface area (Å²) in [4.78, 5) is 20.4. The maximum absolute atomic E-state index is 12.6. The lowest BCUT2D eigenvalue weighted by Crippen LogP contribution is -2.46. The van der Waals surface area contributed by atoms with Crippen molar-refractivity contribution in [1.29, 1.82) is 0 Å². The highest BCUT2D eigenvalue weighted by Crippen LogP contribution is 2.61. The van der Waals surface area contributed by atoms with E-state index in [2.05, 4.69) is 9.97 Å². The Labute approximate surface area is 171 Å². The van der Waals surface area contributed by atoms with Crippen molar-refractivity contribution >= 4 is 5.97 Å². The van der Waals surface area contributed by atoms with E-state index in [4.69, 9.17) is 4.74 Å². The van der Waals surface area contributed by atoms with Gasteiger partial charge in [-0.25, -0.2) is 9.78 Å². The van der Waals surface area contributed by atoms with Crippen LogP contribution in [0, 0.1) is 23.2 Å². The Hall–Kier alpha value is -2.30. The van der Waals surface area contributed by atoms with Gasteiger partial charge in [-0.3, -0.25) is 0 Å². The molecule has 0 aliphatic heterocycles. The molecule has 0 saturated heterocycles. The van der Waals surface area contributed by atoms with E-state index in [0.29, 0.717) is 29.1 Å². The number of carbonyl (C=O) groups excluding carboxylic acids is 1. The van der Waals surface area contributed by atoms with Crippen molar-refractivity contribution in [1.82, 2.24) is 9.97 Å². The Bertz CT molecular complexity index is 881. The van der Waals surface area contributed by atoms with Crippen LogP contribution in [0.15, 0.2) is 24.3 Å². The summed E-state index contributed by atoms with van der Waals surface area (Å²) in [5.41, 5.74) is 2.27. The molecule has 4 aliphatic carbocycles. The number of phenolic OH excluding ortho intramolecular Hbond substituents is 1. The lowest BCUT2D eigenvalue weighted by Gasteiger charge is -2.57. The standard InChI is InChI=1S/C24H30N2O3/c1-2-29-23(28)21-19(25-22(26-21)18-5-3-4-6-20(18)27)7-8-24-12-15-9-16(13-24)11-17(10-15)14-24/h3-6,15-17,27H,2,7-14H2,1H3,(H,25,26). The van der Waals surface area contributed by atoms with Gasteiger partial charge in [0.25, 0.3) is 0 Å². The summed E-state index contributed by atoms with van der Waals surface area (Å²) in [7, 11) is 0. The van der Waals surface area contributed by atoms with E-state index in [1.54, 1.807) is 12.1 Å². The zero-order valence-electron chi connectivity index (χ0n) is 17.1. The van der Waals surface area contributed by atoms with E-state index in [9.17, 15) is 9.90 Å². The highest BCUT2D eigenvalue weighted by molar-refractivity contribution is 5.89. The number of imidazole rings is 1. The highest BCUT2D eigenvalue weighted by atomic mass is 16.5. The molecule has 2 N–H and O–H groups in total. The van der Waals surface area contributed by atoms with E-state index < -0.39 is 0 Å². The molecule has 0 radical (unpaired) electrons. The Kier molecular flexibility index (Phi) is 4.64. The monoisotopic (exact) mass is 394 g/mol. The average molecular weight is 395 g/mol. The van der Waals surface area contributed by atoms with Crippen molar-refractivity contribution in [3.63, 3.8) is 0 Å². The van der Waals surface area contributed by atoms with Crippen LogP contribution in [0.4, 0.5) is 0 Å². The predicted molar refractivity (Wildman–Crippen MR) is 111 cm³/mol. The van der Waals surface area contributed by atoms with E-state index in [0.717, 1.165) is 36.3 Å². The smallest absolute Gasteiger partial charge is 0.358 e. The molecule has 5 nitrogen and oxygen atoms in total. The zero-order chi connectivity index (χ0) is 20.0. The number of carbonyl (C=O) groups is 1. The first kappa shape index (κ1) is 18.7. The molecule has 1 aromatic heterocycles. The normalized spacial score (nSPS) is 29.9. The number of ether oxygens (including phenoxy) is 1. The fourth-order valence-electron chi connectivity index (χ4n) is 6.75. The number of nitrogens with zero attached hydrogens (tertiary/aromatic N) is 1. The van der Waals surface area contributed by atoms with Crippen molar-refractivity contribution in [3.05, 3.63) is 35.7 Å². The fraction of sp³-hybridized carbons (Fsp3) is 0.583. The molecule has 6 rings (SSSR count). The second kappa shape index (κ2) is 7.19. The third-order valence-electron chi connectivity index (χ3n) is 7.48. The van der Waals surface area contributed by atoms with E-state index in [1.807, 2.05) is 19.1 Å². The fourth-order valence-corrected chi connectivity index (χ4v) is 6.75. The number of hydrogen-bond acceptors (Lipinski definition) is 4. The SMILES string of the molecule is CCOC(=O)c1nc(-c2ccccc2O)[nH]c1CCC12CC3CC(CC(C3)C1)C2. The Balaban J connectivity index is 1.41. The van der Waals surface area contributed by atoms with Gasteiger partial charge in [-0.15, -0.1) is 0 Å². The van der Waals surface area contributed by atoms with Crippen LogP contribution in [-0.2, 0) is 11.2 Å². The summed E-state index contributed by atoms with van der Waals surface area (Å²) in [5, 5.41) is 10.2. The summed E-state index contributed by atoms with van der Waals surface area (Å²) in [6.07, 6.45) is 10.3. The molecular weight excluding hydrogens is 364 g/mol. The van der Waals surface area contributed by atoms with Crippen molar-refractivity contribution in [2.75, 3.05) is 6.61 Å². The molecule has 4 aliphatic rings. The van der Waals surface area contributed by atoms with Crippen molar-refractivity contribution in [3.8, 4) is 17.1 Å². The van der Waals surface area contributed by atoms with Crippen molar-refractivity contribution in [2.24, 2.45) is 23.2 Å². The molecule has 0 amide bonds. The van der Waals surface area contributed by atoms with E-state index in [-0.39, 0.29) is 11.7 Å². The average Bonchev–Trinajstić information content (AvgIpc) is 3.10. The van der Waals surface area contributed by atoms with Gasteiger partial charge in [0, 0.05) is 5.69 Å². The second-order valence-electron chi connectivity index (χ2n) is 9.57. The van der Waals surface area contributed by atoms with Crippen LogP contribution in [0.3, 0.4) is 0 Å². The molecule has 4 saturated carbocycles. The molecular formula is C24H30N2O3. The summed E-state index contributed by atoms with van der Waals surface area (Å²) in [6, 6.07) is 7.08. The first-order chi connectivity index (χ1) is 14.0.